The molecule has 0 aliphatic carbocycles. The van der Waals surface area contributed by atoms with Gasteiger partial charge in [0.15, 0.2) is 0 Å². The molecule has 20 heavy (non-hydrogen) atoms. The van der Waals surface area contributed by atoms with Crippen molar-refractivity contribution in [2.45, 2.75) is 11.8 Å². The van der Waals surface area contributed by atoms with Gasteiger partial charge in [0.25, 0.3) is 10.0 Å². The molecular formula is C14H16N2O3S. The molecule has 0 radical (unpaired) electrons. The van der Waals surface area contributed by atoms with E-state index in [1.54, 1.807) is 24.3 Å². The van der Waals surface area contributed by atoms with Crippen LogP contribution in [0.25, 0.3) is 0 Å². The standard InChI is InChI=1S/C14H16N2O3S/c1-10-4-3-5-12(8-10)16-20(17,18)14-9-11(15)6-7-13(14)19-2/h3-9,16H,15H2,1-2H3. The van der Waals surface area contributed by atoms with Crippen LogP contribution in [0.2, 0.25) is 0 Å². The molecule has 0 bridgehead atoms. The zero-order chi connectivity index (χ0) is 14.8. The zero-order valence-corrected chi connectivity index (χ0v) is 12.1. The Labute approximate surface area is 118 Å². The van der Waals surface area contributed by atoms with Crippen LogP contribution in [0.3, 0.4) is 0 Å². The molecule has 0 atom stereocenters. The summed E-state index contributed by atoms with van der Waals surface area (Å²) in [5.74, 6) is 0.249. The van der Waals surface area contributed by atoms with Gasteiger partial charge in [-0.25, -0.2) is 8.42 Å². The second-order valence-electron chi connectivity index (χ2n) is 4.39. The van der Waals surface area contributed by atoms with Crippen molar-refractivity contribution in [2.24, 2.45) is 0 Å². The van der Waals surface area contributed by atoms with Crippen LogP contribution >= 0.6 is 0 Å². The third kappa shape index (κ3) is 3.03. The predicted molar refractivity (Wildman–Crippen MR) is 79.4 cm³/mol. The first-order chi connectivity index (χ1) is 9.42. The Morgan fingerprint density at radius 3 is 2.55 bits per heavy atom. The molecule has 2 aromatic carbocycles. The van der Waals surface area contributed by atoms with Gasteiger partial charge >= 0.3 is 0 Å². The fourth-order valence-electron chi connectivity index (χ4n) is 1.82. The van der Waals surface area contributed by atoms with E-state index >= 15 is 0 Å². The van der Waals surface area contributed by atoms with Crippen molar-refractivity contribution >= 4 is 21.4 Å². The fraction of sp³-hybridized carbons (Fsp3) is 0.143. The number of nitrogen functional groups attached to an aromatic ring is 1. The monoisotopic (exact) mass is 292 g/mol. The second kappa shape index (κ2) is 5.42. The van der Waals surface area contributed by atoms with Gasteiger partial charge < -0.3 is 10.5 Å². The van der Waals surface area contributed by atoms with Crippen LogP contribution < -0.4 is 15.2 Å². The highest BCUT2D eigenvalue weighted by Gasteiger charge is 2.20. The third-order valence-corrected chi connectivity index (χ3v) is 4.15. The maximum absolute atomic E-state index is 12.4. The quantitative estimate of drug-likeness (QED) is 0.848. The molecule has 0 saturated heterocycles. The molecule has 0 saturated carbocycles. The third-order valence-electron chi connectivity index (χ3n) is 2.75. The van der Waals surface area contributed by atoms with Gasteiger partial charge in [-0.1, -0.05) is 12.1 Å². The largest absolute Gasteiger partial charge is 0.495 e. The smallest absolute Gasteiger partial charge is 0.265 e. The summed E-state index contributed by atoms with van der Waals surface area (Å²) < 4.78 is 32.4. The summed E-state index contributed by atoms with van der Waals surface area (Å²) in [7, 11) is -2.34. The Bertz CT molecular complexity index is 727. The molecule has 5 nitrogen and oxygen atoms in total. The Kier molecular flexibility index (Phi) is 3.85. The number of nitrogens with one attached hydrogen (secondary N) is 1. The van der Waals surface area contributed by atoms with Crippen LogP contribution in [-0.4, -0.2) is 15.5 Å². The topological polar surface area (TPSA) is 81.4 Å². The van der Waals surface area contributed by atoms with Crippen molar-refractivity contribution in [2.75, 3.05) is 17.6 Å². The molecular weight excluding hydrogens is 276 g/mol. The Morgan fingerprint density at radius 1 is 1.15 bits per heavy atom. The van der Waals surface area contributed by atoms with E-state index in [1.807, 2.05) is 13.0 Å². The molecule has 2 aromatic rings. The lowest BCUT2D eigenvalue weighted by Gasteiger charge is -2.12. The highest BCUT2D eigenvalue weighted by Crippen LogP contribution is 2.27. The van der Waals surface area contributed by atoms with Crippen LogP contribution in [0.5, 0.6) is 5.75 Å². The minimum absolute atomic E-state index is 0.0153. The zero-order valence-electron chi connectivity index (χ0n) is 11.3. The molecule has 2 rings (SSSR count). The van der Waals surface area contributed by atoms with Crippen LogP contribution in [0, 0.1) is 6.92 Å². The van der Waals surface area contributed by atoms with E-state index in [0.717, 1.165) is 5.56 Å². The average molecular weight is 292 g/mol. The van der Waals surface area contributed by atoms with Crippen LogP contribution in [0.15, 0.2) is 47.4 Å². The molecule has 0 aromatic heterocycles. The van der Waals surface area contributed by atoms with Crippen LogP contribution in [-0.2, 0) is 10.0 Å². The second-order valence-corrected chi connectivity index (χ2v) is 6.04. The molecule has 0 aliphatic heterocycles. The molecule has 0 aliphatic rings. The summed E-state index contributed by atoms with van der Waals surface area (Å²) in [5, 5.41) is 0. The van der Waals surface area contributed by atoms with Crippen molar-refractivity contribution < 1.29 is 13.2 Å². The molecule has 106 valence electrons. The van der Waals surface area contributed by atoms with Gasteiger partial charge in [-0.05, 0) is 42.8 Å². The van der Waals surface area contributed by atoms with E-state index in [0.29, 0.717) is 11.4 Å². The Morgan fingerprint density at radius 2 is 1.90 bits per heavy atom. The lowest BCUT2D eigenvalue weighted by atomic mass is 10.2. The summed E-state index contributed by atoms with van der Waals surface area (Å²) in [6.45, 7) is 1.89. The number of nitrogens with two attached hydrogens (primary N) is 1. The van der Waals surface area contributed by atoms with Gasteiger partial charge in [0, 0.05) is 11.4 Å². The minimum atomic E-state index is -3.75. The highest BCUT2D eigenvalue weighted by atomic mass is 32.2. The van der Waals surface area contributed by atoms with E-state index in [4.69, 9.17) is 10.5 Å². The molecule has 0 spiro atoms. The molecule has 0 fully saturated rings. The number of rotatable bonds is 4. The molecule has 0 unspecified atom stereocenters. The summed E-state index contributed by atoms with van der Waals surface area (Å²) in [6.07, 6.45) is 0. The molecule has 6 heteroatoms. The number of anilines is 2. The first-order valence-electron chi connectivity index (χ1n) is 5.95. The van der Waals surface area contributed by atoms with Crippen molar-refractivity contribution in [3.05, 3.63) is 48.0 Å². The van der Waals surface area contributed by atoms with Gasteiger partial charge in [-0.15, -0.1) is 0 Å². The van der Waals surface area contributed by atoms with E-state index in [1.165, 1.54) is 19.2 Å². The van der Waals surface area contributed by atoms with Gasteiger partial charge in [0.05, 0.1) is 7.11 Å². The maximum Gasteiger partial charge on any atom is 0.265 e. The predicted octanol–water partition coefficient (Wildman–Crippen LogP) is 2.39. The number of aryl methyl sites for hydroxylation is 1. The number of benzene rings is 2. The van der Waals surface area contributed by atoms with Crippen molar-refractivity contribution in [1.29, 1.82) is 0 Å². The molecule has 0 amide bonds. The highest BCUT2D eigenvalue weighted by molar-refractivity contribution is 7.92. The van der Waals surface area contributed by atoms with Gasteiger partial charge in [-0.3, -0.25) is 4.72 Å². The van der Waals surface area contributed by atoms with E-state index in [9.17, 15) is 8.42 Å². The van der Waals surface area contributed by atoms with Gasteiger partial charge in [0.2, 0.25) is 0 Å². The van der Waals surface area contributed by atoms with Crippen molar-refractivity contribution in [1.82, 2.24) is 0 Å². The first kappa shape index (κ1) is 14.2. The van der Waals surface area contributed by atoms with E-state index < -0.39 is 10.0 Å². The summed E-state index contributed by atoms with van der Waals surface area (Å²) >= 11 is 0. The number of sulfonamides is 1. The van der Waals surface area contributed by atoms with Gasteiger partial charge in [0.1, 0.15) is 10.6 Å². The van der Waals surface area contributed by atoms with Crippen molar-refractivity contribution in [3.63, 3.8) is 0 Å². The fourth-order valence-corrected chi connectivity index (χ4v) is 3.08. The normalized spacial score (nSPS) is 11.1. The van der Waals surface area contributed by atoms with Gasteiger partial charge in [-0.2, -0.15) is 0 Å². The summed E-state index contributed by atoms with van der Waals surface area (Å²) in [6, 6.07) is 11.6. The number of methoxy groups -OCH3 is 1. The number of ether oxygens (including phenoxy) is 1. The summed E-state index contributed by atoms with van der Waals surface area (Å²) in [5.41, 5.74) is 7.46. The number of hydrogen-bond acceptors (Lipinski definition) is 4. The van der Waals surface area contributed by atoms with E-state index in [2.05, 4.69) is 4.72 Å². The Hall–Kier alpha value is -2.21. The summed E-state index contributed by atoms with van der Waals surface area (Å²) in [4.78, 5) is 0.0153. The average Bonchev–Trinajstić information content (AvgIpc) is 2.38. The maximum atomic E-state index is 12.4. The SMILES string of the molecule is COc1ccc(N)cc1S(=O)(=O)Nc1cccc(C)c1. The molecule has 0 heterocycles. The van der Waals surface area contributed by atoms with Crippen LogP contribution in [0.4, 0.5) is 11.4 Å². The lowest BCUT2D eigenvalue weighted by Crippen LogP contribution is -2.14. The minimum Gasteiger partial charge on any atom is -0.495 e. The van der Waals surface area contributed by atoms with E-state index in [-0.39, 0.29) is 10.6 Å². The molecule has 3 N–H and O–H groups in total. The number of hydrogen-bond donors (Lipinski definition) is 2. The van der Waals surface area contributed by atoms with Crippen molar-refractivity contribution in [3.8, 4) is 5.75 Å². The Balaban J connectivity index is 2.43. The van der Waals surface area contributed by atoms with Crippen LogP contribution in [0.1, 0.15) is 5.56 Å². The lowest BCUT2D eigenvalue weighted by molar-refractivity contribution is 0.403. The first-order valence-corrected chi connectivity index (χ1v) is 7.44.